The largest absolute Gasteiger partial charge is 0.391 e. The molecule has 0 aliphatic rings. The second-order valence-corrected chi connectivity index (χ2v) is 4.20. The summed E-state index contributed by atoms with van der Waals surface area (Å²) in [7, 11) is 1.48. The summed E-state index contributed by atoms with van der Waals surface area (Å²) in [6.45, 7) is 2.06. The third kappa shape index (κ3) is 4.46. The first-order valence-electron chi connectivity index (χ1n) is 5.81. The fourth-order valence-corrected chi connectivity index (χ4v) is 1.61. The Morgan fingerprint density at radius 1 is 1.58 bits per heavy atom. The van der Waals surface area contributed by atoms with Gasteiger partial charge in [-0.05, 0) is 25.0 Å². The van der Waals surface area contributed by atoms with Crippen molar-refractivity contribution >= 4 is 11.4 Å². The molecule has 1 aromatic rings. The lowest BCUT2D eigenvalue weighted by Crippen LogP contribution is -2.18. The maximum Gasteiger partial charge on any atom is 0.295 e. The van der Waals surface area contributed by atoms with Gasteiger partial charge in [-0.2, -0.15) is 0 Å². The van der Waals surface area contributed by atoms with Crippen LogP contribution in [0.4, 0.5) is 15.8 Å². The lowest BCUT2D eigenvalue weighted by molar-refractivity contribution is -0.384. The lowest BCUT2D eigenvalue weighted by Gasteiger charge is -2.11. The molecule has 0 bridgehead atoms. The summed E-state index contributed by atoms with van der Waals surface area (Å²) < 4.78 is 18.0. The van der Waals surface area contributed by atoms with E-state index in [0.717, 1.165) is 6.07 Å². The molecule has 0 aliphatic heterocycles. The smallest absolute Gasteiger partial charge is 0.295 e. The molecule has 0 amide bonds. The first kappa shape index (κ1) is 15.3. The van der Waals surface area contributed by atoms with Gasteiger partial charge in [0.2, 0.25) is 0 Å². The minimum Gasteiger partial charge on any atom is -0.391 e. The van der Waals surface area contributed by atoms with Crippen LogP contribution in [-0.4, -0.2) is 36.4 Å². The van der Waals surface area contributed by atoms with E-state index in [1.807, 2.05) is 0 Å². The molecular formula is C12H17FN2O4. The molecule has 0 radical (unpaired) electrons. The van der Waals surface area contributed by atoms with Crippen LogP contribution in [-0.2, 0) is 4.74 Å². The van der Waals surface area contributed by atoms with Gasteiger partial charge in [-0.1, -0.05) is 0 Å². The molecule has 0 fully saturated rings. The molecule has 7 heteroatoms. The quantitative estimate of drug-likeness (QED) is 0.584. The molecule has 0 saturated carbocycles. The molecule has 1 rings (SSSR count). The van der Waals surface area contributed by atoms with E-state index in [0.29, 0.717) is 18.5 Å². The van der Waals surface area contributed by atoms with Gasteiger partial charge in [0.25, 0.3) is 5.69 Å². The molecular weight excluding hydrogens is 255 g/mol. The van der Waals surface area contributed by atoms with Crippen LogP contribution < -0.4 is 5.32 Å². The molecule has 1 atom stereocenters. The van der Waals surface area contributed by atoms with E-state index < -0.39 is 16.8 Å². The van der Waals surface area contributed by atoms with Crippen molar-refractivity contribution in [1.82, 2.24) is 0 Å². The van der Waals surface area contributed by atoms with Gasteiger partial charge in [0.1, 0.15) is 11.5 Å². The highest BCUT2D eigenvalue weighted by Gasteiger charge is 2.17. The predicted molar refractivity (Wildman–Crippen MR) is 68.8 cm³/mol. The average molecular weight is 272 g/mol. The normalized spacial score (nSPS) is 12.2. The van der Waals surface area contributed by atoms with Crippen LogP contribution in [0.1, 0.15) is 12.0 Å². The zero-order valence-corrected chi connectivity index (χ0v) is 10.9. The molecule has 0 aromatic heterocycles. The van der Waals surface area contributed by atoms with Crippen molar-refractivity contribution in [3.05, 3.63) is 33.6 Å². The van der Waals surface area contributed by atoms with Crippen LogP contribution >= 0.6 is 0 Å². The van der Waals surface area contributed by atoms with E-state index in [4.69, 9.17) is 4.74 Å². The zero-order valence-electron chi connectivity index (χ0n) is 10.9. The number of hydrogen-bond acceptors (Lipinski definition) is 5. The molecule has 0 heterocycles. The van der Waals surface area contributed by atoms with Gasteiger partial charge in [-0.25, -0.2) is 4.39 Å². The molecule has 1 unspecified atom stereocenters. The summed E-state index contributed by atoms with van der Waals surface area (Å²) >= 11 is 0. The Kier molecular flexibility index (Phi) is 5.65. The summed E-state index contributed by atoms with van der Waals surface area (Å²) in [6.07, 6.45) is -0.264. The molecule has 0 spiro atoms. The molecule has 6 nitrogen and oxygen atoms in total. The monoisotopic (exact) mass is 272 g/mol. The molecule has 19 heavy (non-hydrogen) atoms. The molecule has 1 aromatic carbocycles. The second kappa shape index (κ2) is 7.01. The number of hydrogen-bond donors (Lipinski definition) is 2. The number of nitrogens with one attached hydrogen (secondary N) is 1. The van der Waals surface area contributed by atoms with E-state index in [1.165, 1.54) is 20.1 Å². The van der Waals surface area contributed by atoms with Crippen molar-refractivity contribution in [3.8, 4) is 0 Å². The summed E-state index contributed by atoms with van der Waals surface area (Å²) in [5, 5.41) is 23.1. The minimum atomic E-state index is -0.642. The van der Waals surface area contributed by atoms with Crippen LogP contribution in [0.2, 0.25) is 0 Å². The van der Waals surface area contributed by atoms with Crippen LogP contribution in [0, 0.1) is 22.9 Å². The van der Waals surface area contributed by atoms with Crippen LogP contribution in [0.15, 0.2) is 12.1 Å². The SMILES string of the molecule is COCC(O)CCNc1cc(C)c(F)cc1[N+](=O)[O-]. The number of methoxy groups -OCH3 is 1. The molecule has 106 valence electrons. The van der Waals surface area contributed by atoms with Gasteiger partial charge in [0, 0.05) is 13.7 Å². The van der Waals surface area contributed by atoms with Crippen molar-refractivity contribution in [3.63, 3.8) is 0 Å². The Labute approximate surface area is 110 Å². The number of nitro benzene ring substituents is 1. The van der Waals surface area contributed by atoms with Crippen LogP contribution in [0.25, 0.3) is 0 Å². The van der Waals surface area contributed by atoms with E-state index in [-0.39, 0.29) is 18.0 Å². The molecule has 0 saturated heterocycles. The fourth-order valence-electron chi connectivity index (χ4n) is 1.61. The van der Waals surface area contributed by atoms with Crippen LogP contribution in [0.5, 0.6) is 0 Å². The Morgan fingerprint density at radius 3 is 2.84 bits per heavy atom. The number of anilines is 1. The summed E-state index contributed by atoms with van der Waals surface area (Å²) in [5.41, 5.74) is 0.253. The van der Waals surface area contributed by atoms with E-state index >= 15 is 0 Å². The Morgan fingerprint density at radius 2 is 2.26 bits per heavy atom. The second-order valence-electron chi connectivity index (χ2n) is 4.20. The van der Waals surface area contributed by atoms with Gasteiger partial charge >= 0.3 is 0 Å². The van der Waals surface area contributed by atoms with Crippen molar-refractivity contribution < 1.29 is 19.2 Å². The molecule has 0 aliphatic carbocycles. The number of nitro groups is 1. The van der Waals surface area contributed by atoms with Gasteiger partial charge < -0.3 is 15.2 Å². The first-order valence-corrected chi connectivity index (χ1v) is 5.81. The highest BCUT2D eigenvalue weighted by atomic mass is 19.1. The number of ether oxygens (including phenoxy) is 1. The third-order valence-corrected chi connectivity index (χ3v) is 2.63. The predicted octanol–water partition coefficient (Wildman–Crippen LogP) is 1.85. The number of halogens is 1. The highest BCUT2D eigenvalue weighted by Crippen LogP contribution is 2.27. The number of nitrogens with zero attached hydrogens (tertiary/aromatic N) is 1. The van der Waals surface area contributed by atoms with Gasteiger partial charge in [-0.15, -0.1) is 0 Å². The summed E-state index contributed by atoms with van der Waals surface area (Å²) in [4.78, 5) is 10.2. The maximum absolute atomic E-state index is 13.3. The summed E-state index contributed by atoms with van der Waals surface area (Å²) in [5.74, 6) is -0.614. The highest BCUT2D eigenvalue weighted by molar-refractivity contribution is 5.63. The lowest BCUT2D eigenvalue weighted by atomic mass is 10.1. The van der Waals surface area contributed by atoms with Gasteiger partial charge in [0.05, 0.1) is 23.7 Å². The Bertz CT molecular complexity index is 454. The summed E-state index contributed by atoms with van der Waals surface area (Å²) in [6, 6.07) is 2.28. The van der Waals surface area contributed by atoms with Gasteiger partial charge in [0.15, 0.2) is 0 Å². The van der Waals surface area contributed by atoms with Crippen molar-refractivity contribution in [2.24, 2.45) is 0 Å². The minimum absolute atomic E-state index is 0.201. The van der Waals surface area contributed by atoms with E-state index in [9.17, 15) is 19.6 Å². The van der Waals surface area contributed by atoms with Crippen molar-refractivity contribution in [1.29, 1.82) is 0 Å². The van der Waals surface area contributed by atoms with E-state index in [1.54, 1.807) is 0 Å². The third-order valence-electron chi connectivity index (χ3n) is 2.63. The first-order chi connectivity index (χ1) is 8.95. The van der Waals surface area contributed by atoms with Crippen LogP contribution in [0.3, 0.4) is 0 Å². The number of aliphatic hydroxyl groups is 1. The topological polar surface area (TPSA) is 84.6 Å². The number of benzene rings is 1. The standard InChI is InChI=1S/C12H17FN2O4/c1-8-5-11(12(15(17)18)6-10(8)13)14-4-3-9(16)7-19-2/h5-6,9,14,16H,3-4,7H2,1-2H3. The number of rotatable bonds is 7. The van der Waals surface area contributed by atoms with E-state index in [2.05, 4.69) is 5.32 Å². The maximum atomic E-state index is 13.3. The fraction of sp³-hybridized carbons (Fsp3) is 0.500. The average Bonchev–Trinajstić information content (AvgIpc) is 2.33. The Hall–Kier alpha value is -1.73. The molecule has 2 N–H and O–H groups in total. The van der Waals surface area contributed by atoms with Crippen molar-refractivity contribution in [2.45, 2.75) is 19.4 Å². The van der Waals surface area contributed by atoms with Gasteiger partial charge in [-0.3, -0.25) is 10.1 Å². The Balaban J connectivity index is 2.72. The number of aryl methyl sites for hydroxylation is 1. The zero-order chi connectivity index (χ0) is 14.4. The number of aliphatic hydroxyl groups excluding tert-OH is 1. The van der Waals surface area contributed by atoms with Crippen molar-refractivity contribution in [2.75, 3.05) is 25.6 Å².